The van der Waals surface area contributed by atoms with Crippen LogP contribution in [0.2, 0.25) is 0 Å². The topological polar surface area (TPSA) is 29.9 Å². The van der Waals surface area contributed by atoms with Gasteiger partial charge < -0.3 is 14.3 Å². The Morgan fingerprint density at radius 2 is 2.16 bits per heavy atom. The van der Waals surface area contributed by atoms with Crippen molar-refractivity contribution in [3.05, 3.63) is 22.7 Å². The van der Waals surface area contributed by atoms with E-state index < -0.39 is 0 Å². The number of hydrogen-bond acceptors (Lipinski definition) is 2. The fourth-order valence-electron chi connectivity index (χ4n) is 2.95. The molecule has 0 unspecified atom stereocenters. The summed E-state index contributed by atoms with van der Waals surface area (Å²) in [5.41, 5.74) is 1.66. The van der Waals surface area contributed by atoms with Crippen molar-refractivity contribution >= 4 is 23.3 Å². The SMILES string of the molecule is COc1cc2c(cc1F)[nH]c(=S)n2CC1CCCC1. The number of nitrogens with one attached hydrogen (secondary N) is 1. The summed E-state index contributed by atoms with van der Waals surface area (Å²) < 4.78 is 21.5. The molecule has 1 N–H and O–H groups in total. The van der Waals surface area contributed by atoms with Gasteiger partial charge in [0.05, 0.1) is 18.1 Å². The van der Waals surface area contributed by atoms with E-state index in [1.165, 1.54) is 38.9 Å². The van der Waals surface area contributed by atoms with Crippen molar-refractivity contribution in [2.75, 3.05) is 7.11 Å². The fraction of sp³-hybridized carbons (Fsp3) is 0.500. The number of methoxy groups -OCH3 is 1. The van der Waals surface area contributed by atoms with Gasteiger partial charge >= 0.3 is 0 Å². The van der Waals surface area contributed by atoms with Crippen LogP contribution in [-0.4, -0.2) is 16.7 Å². The monoisotopic (exact) mass is 280 g/mol. The maximum Gasteiger partial charge on any atom is 0.178 e. The number of halogens is 1. The van der Waals surface area contributed by atoms with Gasteiger partial charge in [0.1, 0.15) is 0 Å². The van der Waals surface area contributed by atoms with Gasteiger partial charge in [-0.3, -0.25) is 0 Å². The summed E-state index contributed by atoms with van der Waals surface area (Å²) in [6.45, 7) is 0.910. The van der Waals surface area contributed by atoms with Crippen LogP contribution in [0.1, 0.15) is 25.7 Å². The van der Waals surface area contributed by atoms with Gasteiger partial charge in [-0.05, 0) is 31.0 Å². The van der Waals surface area contributed by atoms with E-state index in [0.29, 0.717) is 10.7 Å². The Morgan fingerprint density at radius 3 is 2.84 bits per heavy atom. The molecule has 1 aromatic carbocycles. The number of aromatic nitrogens is 2. The molecule has 1 aliphatic carbocycles. The van der Waals surface area contributed by atoms with Gasteiger partial charge in [-0.15, -0.1) is 0 Å². The lowest BCUT2D eigenvalue weighted by molar-refractivity contribution is 0.387. The Labute approximate surface area is 116 Å². The standard InChI is InChI=1S/C14H17FN2OS/c1-18-13-7-12-11(6-10(13)15)16-14(19)17(12)8-9-4-2-3-5-9/h6-7,9H,2-5,8H2,1H3,(H,16,19). The number of imidazole rings is 1. The lowest BCUT2D eigenvalue weighted by atomic mass is 10.1. The summed E-state index contributed by atoms with van der Waals surface area (Å²) >= 11 is 5.35. The first kappa shape index (κ1) is 12.7. The highest BCUT2D eigenvalue weighted by Crippen LogP contribution is 2.29. The quantitative estimate of drug-likeness (QED) is 0.860. The first-order valence-corrected chi connectivity index (χ1v) is 7.06. The van der Waals surface area contributed by atoms with Gasteiger partial charge in [0.25, 0.3) is 0 Å². The van der Waals surface area contributed by atoms with Crippen molar-refractivity contribution in [2.24, 2.45) is 5.92 Å². The number of fused-ring (bicyclic) bond motifs is 1. The highest BCUT2D eigenvalue weighted by atomic mass is 32.1. The second-order valence-electron chi connectivity index (χ2n) is 5.20. The molecule has 2 aromatic rings. The second kappa shape index (κ2) is 4.96. The van der Waals surface area contributed by atoms with Gasteiger partial charge in [-0.25, -0.2) is 4.39 Å². The second-order valence-corrected chi connectivity index (χ2v) is 5.58. The van der Waals surface area contributed by atoms with E-state index >= 15 is 0 Å². The zero-order chi connectivity index (χ0) is 13.4. The number of ether oxygens (including phenoxy) is 1. The number of aromatic amines is 1. The predicted molar refractivity (Wildman–Crippen MR) is 75.6 cm³/mol. The van der Waals surface area contributed by atoms with Crippen molar-refractivity contribution in [2.45, 2.75) is 32.2 Å². The Balaban J connectivity index is 2.06. The number of rotatable bonds is 3. The minimum atomic E-state index is -0.362. The minimum absolute atomic E-state index is 0.265. The predicted octanol–water partition coefficient (Wildman–Crippen LogP) is 4.04. The Morgan fingerprint density at radius 1 is 1.42 bits per heavy atom. The minimum Gasteiger partial charge on any atom is -0.494 e. The average molecular weight is 280 g/mol. The molecule has 1 aromatic heterocycles. The van der Waals surface area contributed by atoms with Gasteiger partial charge in [-0.2, -0.15) is 0 Å². The van der Waals surface area contributed by atoms with E-state index in [1.54, 1.807) is 6.07 Å². The van der Waals surface area contributed by atoms with Crippen LogP contribution < -0.4 is 4.74 Å². The molecular weight excluding hydrogens is 263 g/mol. The van der Waals surface area contributed by atoms with E-state index in [9.17, 15) is 4.39 Å². The number of benzene rings is 1. The first-order valence-electron chi connectivity index (χ1n) is 6.65. The van der Waals surface area contributed by atoms with Crippen LogP contribution in [-0.2, 0) is 6.54 Å². The van der Waals surface area contributed by atoms with Crippen LogP contribution >= 0.6 is 12.2 Å². The third kappa shape index (κ3) is 2.27. The van der Waals surface area contributed by atoms with Crippen molar-refractivity contribution in [1.82, 2.24) is 9.55 Å². The van der Waals surface area contributed by atoms with Gasteiger partial charge in [0.2, 0.25) is 0 Å². The number of H-pyrrole nitrogens is 1. The molecule has 0 radical (unpaired) electrons. The van der Waals surface area contributed by atoms with Crippen LogP contribution in [0.15, 0.2) is 12.1 Å². The molecule has 1 fully saturated rings. The third-order valence-corrected chi connectivity index (χ3v) is 4.29. The molecule has 0 aliphatic heterocycles. The summed E-state index contributed by atoms with van der Waals surface area (Å²) in [5.74, 6) is 0.586. The molecular formula is C14H17FN2OS. The molecule has 0 amide bonds. The van der Waals surface area contributed by atoms with Gasteiger partial charge in [-0.1, -0.05) is 12.8 Å². The van der Waals surface area contributed by atoms with E-state index in [0.717, 1.165) is 17.6 Å². The van der Waals surface area contributed by atoms with Crippen LogP contribution in [0.5, 0.6) is 5.75 Å². The van der Waals surface area contributed by atoms with Crippen LogP contribution in [0, 0.1) is 16.5 Å². The Bertz CT molecular complexity index is 655. The summed E-state index contributed by atoms with van der Waals surface area (Å²) in [6, 6.07) is 3.18. The van der Waals surface area contributed by atoms with Crippen molar-refractivity contribution in [1.29, 1.82) is 0 Å². The van der Waals surface area contributed by atoms with Crippen molar-refractivity contribution < 1.29 is 9.13 Å². The molecule has 0 saturated heterocycles. The summed E-state index contributed by atoms with van der Waals surface area (Å²) in [4.78, 5) is 3.08. The zero-order valence-electron chi connectivity index (χ0n) is 10.9. The number of hydrogen-bond donors (Lipinski definition) is 1. The highest BCUT2D eigenvalue weighted by Gasteiger charge is 2.18. The maximum absolute atomic E-state index is 13.7. The van der Waals surface area contributed by atoms with Crippen LogP contribution in [0.4, 0.5) is 4.39 Å². The van der Waals surface area contributed by atoms with E-state index in [2.05, 4.69) is 9.55 Å². The third-order valence-electron chi connectivity index (χ3n) is 3.96. The lowest BCUT2D eigenvalue weighted by Crippen LogP contribution is -2.07. The molecule has 0 spiro atoms. The van der Waals surface area contributed by atoms with Crippen LogP contribution in [0.25, 0.3) is 11.0 Å². The van der Waals surface area contributed by atoms with E-state index in [4.69, 9.17) is 17.0 Å². The molecule has 0 bridgehead atoms. The first-order chi connectivity index (χ1) is 9.19. The van der Waals surface area contributed by atoms with Crippen LogP contribution in [0.3, 0.4) is 0 Å². The molecule has 19 heavy (non-hydrogen) atoms. The Hall–Kier alpha value is -1.36. The molecule has 1 heterocycles. The zero-order valence-corrected chi connectivity index (χ0v) is 11.7. The van der Waals surface area contributed by atoms with Crippen molar-refractivity contribution in [3.63, 3.8) is 0 Å². The fourth-order valence-corrected chi connectivity index (χ4v) is 3.23. The van der Waals surface area contributed by atoms with Gasteiger partial charge in [0.15, 0.2) is 16.3 Å². The highest BCUT2D eigenvalue weighted by molar-refractivity contribution is 7.71. The normalized spacial score (nSPS) is 16.3. The van der Waals surface area contributed by atoms with E-state index in [1.807, 2.05) is 0 Å². The summed E-state index contributed by atoms with van der Waals surface area (Å²) in [6.07, 6.45) is 5.12. The van der Waals surface area contributed by atoms with E-state index in [-0.39, 0.29) is 11.6 Å². The molecule has 3 rings (SSSR count). The van der Waals surface area contributed by atoms with Crippen molar-refractivity contribution in [3.8, 4) is 5.75 Å². The molecule has 1 saturated carbocycles. The molecule has 5 heteroatoms. The maximum atomic E-state index is 13.7. The average Bonchev–Trinajstić information content (AvgIpc) is 2.98. The van der Waals surface area contributed by atoms with Gasteiger partial charge in [0, 0.05) is 18.7 Å². The summed E-state index contributed by atoms with van der Waals surface area (Å²) in [5, 5.41) is 0. The molecule has 0 atom stereocenters. The molecule has 3 nitrogen and oxygen atoms in total. The lowest BCUT2D eigenvalue weighted by Gasteiger charge is -2.11. The summed E-state index contributed by atoms with van der Waals surface area (Å²) in [7, 11) is 1.48. The smallest absolute Gasteiger partial charge is 0.178 e. The largest absolute Gasteiger partial charge is 0.494 e. The number of nitrogens with zero attached hydrogens (tertiary/aromatic N) is 1. The molecule has 1 aliphatic rings. The molecule has 102 valence electrons. The Kier molecular flexibility index (Phi) is 3.31.